The Labute approximate surface area is 99.2 Å². The van der Waals surface area contributed by atoms with E-state index in [-0.39, 0.29) is 12.5 Å². The summed E-state index contributed by atoms with van der Waals surface area (Å²) in [6, 6.07) is -0.766. The Morgan fingerprint density at radius 3 is 2.65 bits per heavy atom. The highest BCUT2D eigenvalue weighted by atomic mass is 16.7. The van der Waals surface area contributed by atoms with Gasteiger partial charge in [0.2, 0.25) is 5.91 Å². The summed E-state index contributed by atoms with van der Waals surface area (Å²) in [5, 5.41) is 22.6. The van der Waals surface area contributed by atoms with E-state index in [0.29, 0.717) is 5.57 Å². The molecule has 2 fully saturated rings. The van der Waals surface area contributed by atoms with Gasteiger partial charge in [0.15, 0.2) is 6.29 Å². The van der Waals surface area contributed by atoms with E-state index >= 15 is 0 Å². The van der Waals surface area contributed by atoms with Crippen molar-refractivity contribution in [2.45, 2.75) is 44.0 Å². The Hall–Kier alpha value is -0.950. The smallest absolute Gasteiger partial charge is 0.217 e. The molecule has 0 aliphatic carbocycles. The molecule has 2 bridgehead atoms. The molecule has 2 rings (SSSR count). The zero-order valence-corrected chi connectivity index (χ0v) is 9.84. The summed E-state index contributed by atoms with van der Waals surface area (Å²) < 4.78 is 11.0. The summed E-state index contributed by atoms with van der Waals surface area (Å²) in [5.74, 6) is -0.317. The number of hydrogen-bond donors (Lipinski definition) is 3. The maximum absolute atomic E-state index is 11.0. The molecule has 2 aliphatic heterocycles. The fourth-order valence-corrected chi connectivity index (χ4v) is 2.31. The molecule has 17 heavy (non-hydrogen) atoms. The number of amides is 1. The normalized spacial score (nSPS) is 44.5. The average molecular weight is 243 g/mol. The van der Waals surface area contributed by atoms with Crippen LogP contribution in [0.2, 0.25) is 0 Å². The lowest BCUT2D eigenvalue weighted by Crippen LogP contribution is -2.65. The summed E-state index contributed by atoms with van der Waals surface area (Å²) in [5.41, 5.74) is -0.480. The molecule has 0 aromatic carbocycles. The van der Waals surface area contributed by atoms with Crippen molar-refractivity contribution in [2.75, 3.05) is 6.61 Å². The summed E-state index contributed by atoms with van der Waals surface area (Å²) >= 11 is 0. The van der Waals surface area contributed by atoms with Crippen LogP contribution in [0.5, 0.6) is 0 Å². The minimum absolute atomic E-state index is 0.126. The maximum Gasteiger partial charge on any atom is 0.217 e. The zero-order valence-electron chi connectivity index (χ0n) is 9.84. The number of aliphatic hydroxyl groups excluding tert-OH is 2. The molecule has 0 spiro atoms. The summed E-state index contributed by atoms with van der Waals surface area (Å²) in [6.45, 7) is 6.92. The van der Waals surface area contributed by atoms with E-state index in [0.717, 1.165) is 0 Å². The van der Waals surface area contributed by atoms with Gasteiger partial charge < -0.3 is 25.0 Å². The quantitative estimate of drug-likeness (QED) is 0.537. The van der Waals surface area contributed by atoms with Crippen LogP contribution < -0.4 is 5.32 Å². The van der Waals surface area contributed by atoms with E-state index < -0.39 is 30.1 Å². The first-order chi connectivity index (χ1) is 7.88. The van der Waals surface area contributed by atoms with Crippen LogP contribution in [0.4, 0.5) is 0 Å². The summed E-state index contributed by atoms with van der Waals surface area (Å²) in [6.07, 6.45) is -3.07. The van der Waals surface area contributed by atoms with Crippen LogP contribution in [-0.4, -0.2) is 52.9 Å². The Morgan fingerprint density at radius 2 is 2.12 bits per heavy atom. The SMILES string of the molecule is C=C(C)[C@@]12CO[C@@H](O1)[C@H](NC(C)=O)[C@@H](O)[C@H]2O. The fraction of sp³-hybridized carbons (Fsp3) is 0.727. The van der Waals surface area contributed by atoms with E-state index in [1.807, 2.05) is 0 Å². The first kappa shape index (κ1) is 12.5. The van der Waals surface area contributed by atoms with Gasteiger partial charge >= 0.3 is 0 Å². The lowest BCUT2D eigenvalue weighted by Gasteiger charge is -2.43. The van der Waals surface area contributed by atoms with E-state index in [2.05, 4.69) is 11.9 Å². The van der Waals surface area contributed by atoms with Crippen molar-refractivity contribution in [1.29, 1.82) is 0 Å². The lowest BCUT2D eigenvalue weighted by molar-refractivity contribution is -0.212. The van der Waals surface area contributed by atoms with E-state index in [1.54, 1.807) is 6.92 Å². The Balaban J connectivity index is 2.25. The molecule has 96 valence electrons. The number of carbonyl (C=O) groups excluding carboxylic acids is 1. The maximum atomic E-state index is 11.0. The summed E-state index contributed by atoms with van der Waals surface area (Å²) in [7, 11) is 0. The number of aliphatic hydroxyl groups is 2. The van der Waals surface area contributed by atoms with Crippen LogP contribution in [0, 0.1) is 0 Å². The predicted molar refractivity (Wildman–Crippen MR) is 58.0 cm³/mol. The van der Waals surface area contributed by atoms with Gasteiger partial charge in [-0.25, -0.2) is 0 Å². The van der Waals surface area contributed by atoms with Crippen LogP contribution in [-0.2, 0) is 14.3 Å². The van der Waals surface area contributed by atoms with Gasteiger partial charge in [-0.05, 0) is 12.5 Å². The molecule has 0 radical (unpaired) electrons. The van der Waals surface area contributed by atoms with E-state index in [1.165, 1.54) is 6.92 Å². The van der Waals surface area contributed by atoms with Crippen molar-refractivity contribution in [3.8, 4) is 0 Å². The van der Waals surface area contributed by atoms with Crippen molar-refractivity contribution >= 4 is 5.91 Å². The molecule has 0 aromatic rings. The van der Waals surface area contributed by atoms with Gasteiger partial charge in [0, 0.05) is 6.92 Å². The molecule has 3 N–H and O–H groups in total. The molecule has 2 heterocycles. The molecular weight excluding hydrogens is 226 g/mol. The second-order valence-corrected chi connectivity index (χ2v) is 4.63. The molecule has 0 unspecified atom stereocenters. The molecule has 1 amide bonds. The third kappa shape index (κ3) is 1.77. The summed E-state index contributed by atoms with van der Waals surface area (Å²) in [4.78, 5) is 11.0. The highest BCUT2D eigenvalue weighted by Crippen LogP contribution is 2.40. The van der Waals surface area contributed by atoms with Crippen LogP contribution in [0.15, 0.2) is 12.2 Å². The van der Waals surface area contributed by atoms with Crippen molar-refractivity contribution in [3.05, 3.63) is 12.2 Å². The monoisotopic (exact) mass is 243 g/mol. The second-order valence-electron chi connectivity index (χ2n) is 4.63. The van der Waals surface area contributed by atoms with Gasteiger partial charge in [-0.3, -0.25) is 4.79 Å². The van der Waals surface area contributed by atoms with Gasteiger partial charge in [-0.15, -0.1) is 0 Å². The van der Waals surface area contributed by atoms with Crippen molar-refractivity contribution in [2.24, 2.45) is 0 Å². The Morgan fingerprint density at radius 1 is 1.47 bits per heavy atom. The molecular formula is C11H17NO5. The van der Waals surface area contributed by atoms with Crippen molar-refractivity contribution < 1.29 is 24.5 Å². The number of hydrogen-bond acceptors (Lipinski definition) is 5. The fourth-order valence-electron chi connectivity index (χ4n) is 2.31. The number of fused-ring (bicyclic) bond motifs is 2. The van der Waals surface area contributed by atoms with Gasteiger partial charge in [0.25, 0.3) is 0 Å². The largest absolute Gasteiger partial charge is 0.388 e. The standard InChI is InChI=1S/C11H17NO5/c1-5(2)11-4-16-10(17-11)7(12-6(3)13)8(14)9(11)15/h7-10,14-15H,1,4H2,2-3H3,(H,12,13)/t7-,8-,9-,10+,11-/m1/s1. The number of rotatable bonds is 2. The van der Waals surface area contributed by atoms with Gasteiger partial charge in [-0.1, -0.05) is 6.58 Å². The molecule has 2 aliphatic rings. The van der Waals surface area contributed by atoms with Crippen LogP contribution in [0.3, 0.4) is 0 Å². The Bertz CT molecular complexity index is 356. The molecule has 6 nitrogen and oxygen atoms in total. The number of ether oxygens (including phenoxy) is 2. The van der Waals surface area contributed by atoms with Gasteiger partial charge in [-0.2, -0.15) is 0 Å². The second kappa shape index (κ2) is 4.06. The lowest BCUT2D eigenvalue weighted by atomic mass is 9.83. The minimum Gasteiger partial charge on any atom is -0.388 e. The Kier molecular flexibility index (Phi) is 2.99. The van der Waals surface area contributed by atoms with E-state index in [9.17, 15) is 15.0 Å². The number of nitrogens with one attached hydrogen (secondary N) is 1. The van der Waals surface area contributed by atoms with Crippen LogP contribution in [0.1, 0.15) is 13.8 Å². The van der Waals surface area contributed by atoms with Gasteiger partial charge in [0.1, 0.15) is 23.9 Å². The topological polar surface area (TPSA) is 88.0 Å². The van der Waals surface area contributed by atoms with Crippen molar-refractivity contribution in [1.82, 2.24) is 5.32 Å². The van der Waals surface area contributed by atoms with Gasteiger partial charge in [0.05, 0.1) is 6.61 Å². The first-order valence-electron chi connectivity index (χ1n) is 5.47. The van der Waals surface area contributed by atoms with E-state index in [4.69, 9.17) is 9.47 Å². The third-order valence-electron chi connectivity index (χ3n) is 3.34. The molecule has 6 heteroatoms. The predicted octanol–water partition coefficient (Wildman–Crippen LogP) is -1.09. The molecule has 2 saturated heterocycles. The van der Waals surface area contributed by atoms with Crippen LogP contribution in [0.25, 0.3) is 0 Å². The van der Waals surface area contributed by atoms with Crippen LogP contribution >= 0.6 is 0 Å². The highest BCUT2D eigenvalue weighted by molar-refractivity contribution is 5.73. The average Bonchev–Trinajstić information content (AvgIpc) is 2.65. The highest BCUT2D eigenvalue weighted by Gasteiger charge is 2.59. The third-order valence-corrected chi connectivity index (χ3v) is 3.34. The molecule has 0 saturated carbocycles. The molecule has 0 aromatic heterocycles. The first-order valence-corrected chi connectivity index (χ1v) is 5.47. The van der Waals surface area contributed by atoms with Crippen molar-refractivity contribution in [3.63, 3.8) is 0 Å². The minimum atomic E-state index is -1.17. The number of carbonyl (C=O) groups is 1. The zero-order chi connectivity index (χ0) is 12.8. The molecule has 5 atom stereocenters.